The van der Waals surface area contributed by atoms with Crippen LogP contribution >= 0.6 is 0 Å². The van der Waals surface area contributed by atoms with Gasteiger partial charge in [0.25, 0.3) is 0 Å². The van der Waals surface area contributed by atoms with Crippen LogP contribution in [0.15, 0.2) is 41.1 Å². The van der Waals surface area contributed by atoms with Crippen LogP contribution in [-0.2, 0) is 0 Å². The van der Waals surface area contributed by atoms with E-state index in [2.05, 4.69) is 16.8 Å². The first-order valence-electron chi connectivity index (χ1n) is 8.29. The summed E-state index contributed by atoms with van der Waals surface area (Å²) in [5, 5.41) is 20.1. The standard InChI is InChI=1S/C19H24N2O3/c1-3-5-6-11-21-12-7-8-14(13-21)18(23)15-9-10-16(22)17(19(15)24)20-4-2/h4,7-10,13,22,24H,3,5-6,11-12H2,1-2H3. The van der Waals surface area contributed by atoms with E-state index in [9.17, 15) is 15.0 Å². The predicted octanol–water partition coefficient (Wildman–Crippen LogP) is 3.95. The van der Waals surface area contributed by atoms with E-state index in [0.29, 0.717) is 5.57 Å². The summed E-state index contributed by atoms with van der Waals surface area (Å²) in [7, 11) is 0. The summed E-state index contributed by atoms with van der Waals surface area (Å²) in [6, 6.07) is 2.80. The highest BCUT2D eigenvalue weighted by Crippen LogP contribution is 2.39. The Balaban J connectivity index is 2.25. The molecule has 0 amide bonds. The van der Waals surface area contributed by atoms with Crippen molar-refractivity contribution in [2.75, 3.05) is 13.1 Å². The smallest absolute Gasteiger partial charge is 0.198 e. The maximum absolute atomic E-state index is 12.7. The summed E-state index contributed by atoms with van der Waals surface area (Å²) in [4.78, 5) is 18.8. The van der Waals surface area contributed by atoms with E-state index in [1.165, 1.54) is 18.3 Å². The van der Waals surface area contributed by atoms with Crippen molar-refractivity contribution >= 4 is 17.7 Å². The fraction of sp³-hybridized carbons (Fsp3) is 0.368. The van der Waals surface area contributed by atoms with Crippen LogP contribution in [0.5, 0.6) is 11.5 Å². The Labute approximate surface area is 142 Å². The molecule has 0 radical (unpaired) electrons. The zero-order chi connectivity index (χ0) is 17.5. The number of ketones is 1. The average molecular weight is 328 g/mol. The van der Waals surface area contributed by atoms with Crippen LogP contribution in [-0.4, -0.2) is 40.2 Å². The highest BCUT2D eigenvalue weighted by Gasteiger charge is 2.20. The number of hydrogen-bond acceptors (Lipinski definition) is 5. The highest BCUT2D eigenvalue weighted by molar-refractivity contribution is 6.13. The van der Waals surface area contributed by atoms with Gasteiger partial charge in [-0.3, -0.25) is 9.79 Å². The van der Waals surface area contributed by atoms with Gasteiger partial charge in [0.2, 0.25) is 0 Å². The maximum atomic E-state index is 12.7. The molecule has 24 heavy (non-hydrogen) atoms. The van der Waals surface area contributed by atoms with Crippen molar-refractivity contribution in [2.45, 2.75) is 33.1 Å². The van der Waals surface area contributed by atoms with Crippen molar-refractivity contribution in [1.82, 2.24) is 4.90 Å². The van der Waals surface area contributed by atoms with Gasteiger partial charge in [-0.1, -0.05) is 31.9 Å². The minimum absolute atomic E-state index is 0.0172. The van der Waals surface area contributed by atoms with Crippen LogP contribution in [0.1, 0.15) is 43.5 Å². The molecule has 1 aliphatic heterocycles. The van der Waals surface area contributed by atoms with Crippen molar-refractivity contribution in [3.8, 4) is 11.5 Å². The first-order valence-corrected chi connectivity index (χ1v) is 8.29. The lowest BCUT2D eigenvalue weighted by molar-refractivity contribution is 0.103. The molecule has 0 aromatic heterocycles. The van der Waals surface area contributed by atoms with Crippen LogP contribution in [0.3, 0.4) is 0 Å². The lowest BCUT2D eigenvalue weighted by Crippen LogP contribution is -2.23. The van der Waals surface area contributed by atoms with Gasteiger partial charge in [-0.25, -0.2) is 0 Å². The van der Waals surface area contributed by atoms with E-state index >= 15 is 0 Å². The lowest BCUT2D eigenvalue weighted by atomic mass is 10.00. The number of phenols is 2. The molecule has 0 atom stereocenters. The molecular weight excluding hydrogens is 304 g/mol. The lowest BCUT2D eigenvalue weighted by Gasteiger charge is -2.23. The molecule has 2 N–H and O–H groups in total. The second-order valence-corrected chi connectivity index (χ2v) is 5.73. The van der Waals surface area contributed by atoms with Crippen molar-refractivity contribution < 1.29 is 15.0 Å². The summed E-state index contributed by atoms with van der Waals surface area (Å²) in [6.07, 6.45) is 10.4. The predicted molar refractivity (Wildman–Crippen MR) is 96.2 cm³/mol. The van der Waals surface area contributed by atoms with Gasteiger partial charge in [-0.2, -0.15) is 0 Å². The van der Waals surface area contributed by atoms with Crippen LogP contribution in [0.25, 0.3) is 0 Å². The largest absolute Gasteiger partial charge is 0.506 e. The molecule has 5 heteroatoms. The third-order valence-electron chi connectivity index (χ3n) is 3.90. The summed E-state index contributed by atoms with van der Waals surface area (Å²) < 4.78 is 0. The molecule has 0 spiro atoms. The summed E-state index contributed by atoms with van der Waals surface area (Å²) in [5.41, 5.74) is 0.674. The number of aliphatic imine (C=N–C) groups is 1. The number of aromatic hydroxyl groups is 2. The number of carbonyl (C=O) groups is 1. The molecule has 0 fully saturated rings. The first-order chi connectivity index (χ1) is 11.6. The average Bonchev–Trinajstić information content (AvgIpc) is 2.59. The number of carbonyl (C=O) groups excluding carboxylic acids is 1. The van der Waals surface area contributed by atoms with Gasteiger partial charge in [-0.15, -0.1) is 0 Å². The number of rotatable bonds is 7. The summed E-state index contributed by atoms with van der Waals surface area (Å²) in [5.74, 6) is -0.733. The number of unbranched alkanes of at least 4 members (excludes halogenated alkanes) is 2. The molecule has 2 rings (SSSR count). The monoisotopic (exact) mass is 328 g/mol. The Morgan fingerprint density at radius 1 is 1.33 bits per heavy atom. The van der Waals surface area contributed by atoms with E-state index in [4.69, 9.17) is 0 Å². The zero-order valence-corrected chi connectivity index (χ0v) is 14.2. The van der Waals surface area contributed by atoms with Crippen molar-refractivity contribution in [2.24, 2.45) is 4.99 Å². The maximum Gasteiger partial charge on any atom is 0.198 e. The Morgan fingerprint density at radius 2 is 2.12 bits per heavy atom. The van der Waals surface area contributed by atoms with E-state index in [-0.39, 0.29) is 28.5 Å². The fourth-order valence-electron chi connectivity index (χ4n) is 2.63. The number of hydrogen-bond donors (Lipinski definition) is 2. The van der Waals surface area contributed by atoms with Crippen LogP contribution < -0.4 is 0 Å². The number of benzene rings is 1. The molecule has 1 aromatic rings. The second-order valence-electron chi connectivity index (χ2n) is 5.73. The van der Waals surface area contributed by atoms with Crippen LogP contribution in [0.4, 0.5) is 5.69 Å². The molecule has 5 nitrogen and oxygen atoms in total. The molecule has 128 valence electrons. The van der Waals surface area contributed by atoms with Crippen molar-refractivity contribution in [3.63, 3.8) is 0 Å². The van der Waals surface area contributed by atoms with E-state index in [0.717, 1.165) is 32.4 Å². The molecule has 0 saturated heterocycles. The van der Waals surface area contributed by atoms with Gasteiger partial charge in [0.15, 0.2) is 11.5 Å². The molecule has 1 aliphatic rings. The minimum Gasteiger partial charge on any atom is -0.506 e. The Kier molecular flexibility index (Phi) is 6.18. The molecule has 1 aromatic carbocycles. The molecule has 0 saturated carbocycles. The van der Waals surface area contributed by atoms with Gasteiger partial charge in [-0.05, 0) is 25.5 Å². The third-order valence-corrected chi connectivity index (χ3v) is 3.90. The van der Waals surface area contributed by atoms with E-state index < -0.39 is 0 Å². The number of Topliss-reactive ketones (excluding diaryl/α,β-unsaturated/α-hetero) is 1. The Hall–Kier alpha value is -2.56. The Bertz CT molecular complexity index is 690. The number of phenolic OH excluding ortho intramolecular Hbond substituents is 2. The normalized spacial score (nSPS) is 14.2. The molecule has 0 aliphatic carbocycles. The van der Waals surface area contributed by atoms with Gasteiger partial charge in [0.1, 0.15) is 11.4 Å². The first kappa shape index (κ1) is 17.8. The van der Waals surface area contributed by atoms with E-state index in [1.807, 2.05) is 12.3 Å². The second kappa shape index (κ2) is 8.34. The van der Waals surface area contributed by atoms with Crippen LogP contribution in [0.2, 0.25) is 0 Å². The van der Waals surface area contributed by atoms with Crippen LogP contribution in [0, 0.1) is 0 Å². The third kappa shape index (κ3) is 4.04. The topological polar surface area (TPSA) is 73.1 Å². The number of nitrogens with zero attached hydrogens (tertiary/aromatic N) is 2. The fourth-order valence-corrected chi connectivity index (χ4v) is 2.63. The molecule has 1 heterocycles. The van der Waals surface area contributed by atoms with Crippen molar-refractivity contribution in [3.05, 3.63) is 41.6 Å². The molecule has 0 unspecified atom stereocenters. The zero-order valence-electron chi connectivity index (χ0n) is 14.2. The summed E-state index contributed by atoms with van der Waals surface area (Å²) >= 11 is 0. The van der Waals surface area contributed by atoms with Gasteiger partial charge in [0.05, 0.1) is 5.56 Å². The quantitative estimate of drug-likeness (QED) is 0.451. The summed E-state index contributed by atoms with van der Waals surface area (Å²) in [6.45, 7) is 5.52. The SMILES string of the molecule is CC=Nc1c(O)ccc(C(=O)C2=CN(CCCCC)CC=C2)c1O. The minimum atomic E-state index is -0.296. The molecular formula is C19H24N2O3. The van der Waals surface area contributed by atoms with Gasteiger partial charge in [0, 0.05) is 31.1 Å². The molecule has 0 bridgehead atoms. The van der Waals surface area contributed by atoms with Crippen molar-refractivity contribution in [1.29, 1.82) is 0 Å². The number of allylic oxidation sites excluding steroid dienone is 2. The Morgan fingerprint density at radius 3 is 2.83 bits per heavy atom. The van der Waals surface area contributed by atoms with Gasteiger partial charge >= 0.3 is 0 Å². The van der Waals surface area contributed by atoms with E-state index in [1.54, 1.807) is 13.0 Å². The highest BCUT2D eigenvalue weighted by atomic mass is 16.3. The van der Waals surface area contributed by atoms with Gasteiger partial charge < -0.3 is 15.1 Å².